The van der Waals surface area contributed by atoms with Gasteiger partial charge in [0.2, 0.25) is 18.2 Å². The standard InChI is InChI=1S/C12H10FN3O2S2/c13-9-5-7(15-10(17)12-19-3-4-20-12)1-2-8(9)11-16-14-6-18-11/h1-2,5-6,12H,3-4H2,(H,15,17). The van der Waals surface area contributed by atoms with Crippen LogP contribution in [0, 0.1) is 5.82 Å². The number of amides is 1. The average molecular weight is 311 g/mol. The van der Waals surface area contributed by atoms with E-state index in [4.69, 9.17) is 4.42 Å². The second-order valence-electron chi connectivity index (χ2n) is 4.00. The summed E-state index contributed by atoms with van der Waals surface area (Å²) in [6.45, 7) is 0. The zero-order valence-corrected chi connectivity index (χ0v) is 11.8. The van der Waals surface area contributed by atoms with Crippen molar-refractivity contribution in [2.45, 2.75) is 4.58 Å². The molecule has 104 valence electrons. The van der Waals surface area contributed by atoms with Crippen LogP contribution >= 0.6 is 23.5 Å². The molecule has 1 aliphatic heterocycles. The lowest BCUT2D eigenvalue weighted by Crippen LogP contribution is -2.20. The van der Waals surface area contributed by atoms with E-state index < -0.39 is 5.82 Å². The first-order valence-electron chi connectivity index (χ1n) is 5.84. The van der Waals surface area contributed by atoms with Gasteiger partial charge in [0, 0.05) is 17.2 Å². The van der Waals surface area contributed by atoms with Crippen molar-refractivity contribution in [2.24, 2.45) is 0 Å². The lowest BCUT2D eigenvalue weighted by atomic mass is 10.2. The largest absolute Gasteiger partial charge is 0.423 e. The van der Waals surface area contributed by atoms with E-state index in [0.717, 1.165) is 17.9 Å². The fourth-order valence-electron chi connectivity index (χ4n) is 1.77. The molecule has 1 amide bonds. The van der Waals surface area contributed by atoms with Gasteiger partial charge in [0.25, 0.3) is 0 Å². The maximum Gasteiger partial charge on any atom is 0.250 e. The van der Waals surface area contributed by atoms with Gasteiger partial charge in [0.15, 0.2) is 0 Å². The third kappa shape index (κ3) is 2.80. The molecule has 1 aromatic heterocycles. The van der Waals surface area contributed by atoms with Gasteiger partial charge < -0.3 is 9.73 Å². The average Bonchev–Trinajstić information content (AvgIpc) is 3.12. The number of carbonyl (C=O) groups is 1. The molecule has 0 bridgehead atoms. The Morgan fingerprint density at radius 1 is 1.40 bits per heavy atom. The highest BCUT2D eigenvalue weighted by atomic mass is 32.2. The van der Waals surface area contributed by atoms with Crippen molar-refractivity contribution >= 4 is 35.1 Å². The maximum absolute atomic E-state index is 14.0. The highest BCUT2D eigenvalue weighted by Crippen LogP contribution is 2.33. The Bertz CT molecular complexity index is 615. The van der Waals surface area contributed by atoms with E-state index in [0.29, 0.717) is 5.69 Å². The van der Waals surface area contributed by atoms with Gasteiger partial charge in [-0.2, -0.15) is 0 Å². The van der Waals surface area contributed by atoms with Crippen LogP contribution in [0.3, 0.4) is 0 Å². The fourth-order valence-corrected chi connectivity index (χ4v) is 4.35. The monoisotopic (exact) mass is 311 g/mol. The van der Waals surface area contributed by atoms with Crippen LogP contribution in [0.4, 0.5) is 10.1 Å². The molecule has 3 rings (SSSR count). The Morgan fingerprint density at radius 2 is 2.20 bits per heavy atom. The number of rotatable bonds is 3. The quantitative estimate of drug-likeness (QED) is 0.940. The number of nitrogens with zero attached hydrogens (tertiary/aromatic N) is 2. The SMILES string of the molecule is O=C(Nc1ccc(-c2nnco2)c(F)c1)C1SCCS1. The Hall–Kier alpha value is -1.54. The number of benzene rings is 1. The number of halogens is 1. The van der Waals surface area contributed by atoms with Crippen LogP contribution in [-0.2, 0) is 4.79 Å². The number of carbonyl (C=O) groups excluding carboxylic acids is 1. The summed E-state index contributed by atoms with van der Waals surface area (Å²) < 4.78 is 18.8. The normalized spacial score (nSPS) is 15.4. The molecule has 0 aliphatic carbocycles. The molecule has 2 heterocycles. The molecule has 0 atom stereocenters. The van der Waals surface area contributed by atoms with Crippen molar-refractivity contribution in [1.82, 2.24) is 10.2 Å². The van der Waals surface area contributed by atoms with Crippen molar-refractivity contribution in [2.75, 3.05) is 16.8 Å². The molecule has 2 aromatic rings. The van der Waals surface area contributed by atoms with Gasteiger partial charge in [-0.15, -0.1) is 33.7 Å². The van der Waals surface area contributed by atoms with Gasteiger partial charge in [-0.3, -0.25) is 4.79 Å². The van der Waals surface area contributed by atoms with Gasteiger partial charge in [0.1, 0.15) is 10.4 Å². The minimum Gasteiger partial charge on any atom is -0.423 e. The topological polar surface area (TPSA) is 68.0 Å². The van der Waals surface area contributed by atoms with E-state index in [-0.39, 0.29) is 21.9 Å². The molecule has 1 saturated heterocycles. The lowest BCUT2D eigenvalue weighted by Gasteiger charge is -2.10. The highest BCUT2D eigenvalue weighted by Gasteiger charge is 2.24. The molecular formula is C12H10FN3O2S2. The summed E-state index contributed by atoms with van der Waals surface area (Å²) in [5, 5.41) is 9.86. The minimum atomic E-state index is -0.515. The summed E-state index contributed by atoms with van der Waals surface area (Å²) in [7, 11) is 0. The van der Waals surface area contributed by atoms with Gasteiger partial charge in [-0.25, -0.2) is 4.39 Å². The van der Waals surface area contributed by atoms with E-state index in [1.807, 2.05) is 0 Å². The zero-order valence-electron chi connectivity index (χ0n) is 10.2. The van der Waals surface area contributed by atoms with Crippen LogP contribution in [0.15, 0.2) is 29.0 Å². The van der Waals surface area contributed by atoms with E-state index in [1.54, 1.807) is 29.6 Å². The molecule has 0 radical (unpaired) electrons. The van der Waals surface area contributed by atoms with Crippen LogP contribution < -0.4 is 5.32 Å². The molecular weight excluding hydrogens is 301 g/mol. The molecule has 0 unspecified atom stereocenters. The lowest BCUT2D eigenvalue weighted by molar-refractivity contribution is -0.114. The van der Waals surface area contributed by atoms with Gasteiger partial charge in [-0.05, 0) is 18.2 Å². The molecule has 5 nitrogen and oxygen atoms in total. The fraction of sp³-hybridized carbons (Fsp3) is 0.250. The number of anilines is 1. The molecule has 20 heavy (non-hydrogen) atoms. The van der Waals surface area contributed by atoms with Gasteiger partial charge in [0.05, 0.1) is 5.56 Å². The smallest absolute Gasteiger partial charge is 0.250 e. The number of aromatic nitrogens is 2. The Morgan fingerprint density at radius 3 is 2.85 bits per heavy atom. The van der Waals surface area contributed by atoms with Crippen molar-refractivity contribution in [3.63, 3.8) is 0 Å². The van der Waals surface area contributed by atoms with E-state index in [1.165, 1.54) is 12.1 Å². The van der Waals surface area contributed by atoms with Crippen molar-refractivity contribution in [3.8, 4) is 11.5 Å². The van der Waals surface area contributed by atoms with Crippen LogP contribution in [0.1, 0.15) is 0 Å². The predicted octanol–water partition coefficient (Wildman–Crippen LogP) is 2.62. The predicted molar refractivity (Wildman–Crippen MR) is 77.0 cm³/mol. The molecule has 8 heteroatoms. The summed E-state index contributed by atoms with van der Waals surface area (Å²) in [6.07, 6.45) is 1.14. The Kier molecular flexibility index (Phi) is 3.93. The summed E-state index contributed by atoms with van der Waals surface area (Å²) >= 11 is 3.20. The first kappa shape index (κ1) is 13.4. The minimum absolute atomic E-state index is 0.109. The second-order valence-corrected chi connectivity index (χ2v) is 6.73. The number of thioether (sulfide) groups is 2. The van der Waals surface area contributed by atoms with E-state index in [9.17, 15) is 9.18 Å². The van der Waals surface area contributed by atoms with E-state index >= 15 is 0 Å². The highest BCUT2D eigenvalue weighted by molar-refractivity contribution is 8.21. The molecule has 1 fully saturated rings. The van der Waals surface area contributed by atoms with Crippen LogP contribution in [-0.4, -0.2) is 32.2 Å². The van der Waals surface area contributed by atoms with Crippen molar-refractivity contribution < 1.29 is 13.6 Å². The number of nitrogens with one attached hydrogen (secondary N) is 1. The molecule has 0 saturated carbocycles. The van der Waals surface area contributed by atoms with Gasteiger partial charge in [-0.1, -0.05) is 0 Å². The Labute approximate surface area is 122 Å². The van der Waals surface area contributed by atoms with Crippen molar-refractivity contribution in [1.29, 1.82) is 0 Å². The van der Waals surface area contributed by atoms with Crippen molar-refractivity contribution in [3.05, 3.63) is 30.4 Å². The van der Waals surface area contributed by atoms with Gasteiger partial charge >= 0.3 is 0 Å². The summed E-state index contributed by atoms with van der Waals surface area (Å²) in [5.74, 6) is 1.42. The molecule has 0 spiro atoms. The first-order chi connectivity index (χ1) is 9.74. The maximum atomic E-state index is 14.0. The zero-order chi connectivity index (χ0) is 13.9. The number of hydrogen-bond donors (Lipinski definition) is 1. The number of hydrogen-bond acceptors (Lipinski definition) is 6. The summed E-state index contributed by atoms with van der Waals surface area (Å²) in [5.41, 5.74) is 0.633. The second kappa shape index (κ2) is 5.84. The first-order valence-corrected chi connectivity index (χ1v) is 7.94. The van der Waals surface area contributed by atoms with E-state index in [2.05, 4.69) is 15.5 Å². The van der Waals surface area contributed by atoms with Crippen LogP contribution in [0.25, 0.3) is 11.5 Å². The third-order valence-electron chi connectivity index (χ3n) is 2.66. The summed E-state index contributed by atoms with van der Waals surface area (Å²) in [6, 6.07) is 4.37. The Balaban J connectivity index is 1.75. The van der Waals surface area contributed by atoms with Crippen LogP contribution in [0.2, 0.25) is 0 Å². The third-order valence-corrected chi connectivity index (χ3v) is 5.65. The molecule has 1 aromatic carbocycles. The van der Waals surface area contributed by atoms with Crippen LogP contribution in [0.5, 0.6) is 0 Å². The summed E-state index contributed by atoms with van der Waals surface area (Å²) in [4.78, 5) is 11.9. The molecule has 1 aliphatic rings. The molecule has 1 N–H and O–H groups in total.